The molecule has 0 atom stereocenters. The highest BCUT2D eigenvalue weighted by atomic mass is 14.4. The van der Waals surface area contributed by atoms with Gasteiger partial charge in [0.15, 0.2) is 0 Å². The highest BCUT2D eigenvalue weighted by molar-refractivity contribution is 6.02. The molecule has 0 bridgehead atoms. The van der Waals surface area contributed by atoms with Gasteiger partial charge in [-0.15, -0.1) is 0 Å². The molecule has 0 aliphatic heterocycles. The molecule has 0 saturated heterocycles. The van der Waals surface area contributed by atoms with E-state index >= 15 is 0 Å². The Morgan fingerprint density at radius 3 is 1.14 bits per heavy atom. The molecular weight excluding hydrogens is 601 g/mol. The minimum Gasteiger partial charge on any atom is -0.0656 e. The van der Waals surface area contributed by atoms with Crippen LogP contribution in [0.15, 0.2) is 170 Å². The van der Waals surface area contributed by atoms with Gasteiger partial charge < -0.3 is 0 Å². The molecule has 0 heterocycles. The van der Waals surface area contributed by atoms with Crippen LogP contribution in [0.4, 0.5) is 0 Å². The van der Waals surface area contributed by atoms with Crippen molar-refractivity contribution < 1.29 is 0 Å². The average molecular weight is 643 g/mol. The van der Waals surface area contributed by atoms with Gasteiger partial charge in [0.05, 0.1) is 0 Å². The third-order valence-corrected chi connectivity index (χ3v) is 10.2. The molecule has 0 aromatic heterocycles. The largest absolute Gasteiger partial charge is 0.0656 e. The predicted molar refractivity (Wildman–Crippen MR) is 217 cm³/mol. The Bertz CT molecular complexity index is 2310. The first-order valence-corrected chi connectivity index (χ1v) is 17.9. The van der Waals surface area contributed by atoms with Gasteiger partial charge in [0.1, 0.15) is 0 Å². The highest BCUT2D eigenvalue weighted by Gasteiger charge is 2.36. The van der Waals surface area contributed by atoms with Crippen LogP contribution >= 0.6 is 0 Å². The number of rotatable bonds is 4. The van der Waals surface area contributed by atoms with Crippen molar-refractivity contribution in [1.82, 2.24) is 0 Å². The van der Waals surface area contributed by atoms with Crippen molar-refractivity contribution in [3.8, 4) is 55.6 Å². The van der Waals surface area contributed by atoms with E-state index in [-0.39, 0.29) is 5.41 Å². The molecule has 0 nitrogen and oxygen atoms in total. The molecule has 0 radical (unpaired) electrons. The summed E-state index contributed by atoms with van der Waals surface area (Å²) in [7, 11) is 0. The SMILES string of the molecule is CC1(C)c2cc(-c3cc(-c4ccccc4)c4ccccc4c3)ccc2-c2ccc(-c3cc(-c4ccccc4)c4ccccc4c3)cc21.CCC. The Hall–Kier alpha value is -5.72. The zero-order valence-corrected chi connectivity index (χ0v) is 29.4. The van der Waals surface area contributed by atoms with Crippen LogP contribution in [0.3, 0.4) is 0 Å². The van der Waals surface area contributed by atoms with E-state index in [2.05, 4.69) is 198 Å². The summed E-state index contributed by atoms with van der Waals surface area (Å²) in [6, 6.07) is 62.7. The van der Waals surface area contributed by atoms with E-state index in [1.165, 1.54) is 94.7 Å². The molecule has 0 N–H and O–H groups in total. The molecular formula is C50H42. The topological polar surface area (TPSA) is 0 Å². The van der Waals surface area contributed by atoms with E-state index in [1.807, 2.05) is 0 Å². The lowest BCUT2D eigenvalue weighted by Gasteiger charge is -2.23. The molecule has 50 heavy (non-hydrogen) atoms. The molecule has 0 heteroatoms. The summed E-state index contributed by atoms with van der Waals surface area (Å²) < 4.78 is 0. The summed E-state index contributed by atoms with van der Waals surface area (Å²) >= 11 is 0. The molecule has 0 fully saturated rings. The van der Waals surface area contributed by atoms with Crippen molar-refractivity contribution in [2.45, 2.75) is 39.5 Å². The number of hydrogen-bond donors (Lipinski definition) is 0. The fraction of sp³-hybridized carbons (Fsp3) is 0.120. The molecule has 8 aromatic carbocycles. The quantitative estimate of drug-likeness (QED) is 0.179. The van der Waals surface area contributed by atoms with E-state index in [4.69, 9.17) is 0 Å². The maximum Gasteiger partial charge on any atom is 0.0159 e. The van der Waals surface area contributed by atoms with Gasteiger partial charge in [-0.25, -0.2) is 0 Å². The first-order valence-electron chi connectivity index (χ1n) is 17.9. The van der Waals surface area contributed by atoms with Crippen molar-refractivity contribution in [3.05, 3.63) is 181 Å². The van der Waals surface area contributed by atoms with E-state index in [0.717, 1.165) is 0 Å². The van der Waals surface area contributed by atoms with Gasteiger partial charge in [0.2, 0.25) is 0 Å². The maximum atomic E-state index is 2.44. The van der Waals surface area contributed by atoms with Crippen LogP contribution in [0.5, 0.6) is 0 Å². The summed E-state index contributed by atoms with van der Waals surface area (Å²) in [5.41, 5.74) is 15.4. The van der Waals surface area contributed by atoms with E-state index in [1.54, 1.807) is 0 Å². The van der Waals surface area contributed by atoms with Gasteiger partial charge in [0.25, 0.3) is 0 Å². The highest BCUT2D eigenvalue weighted by Crippen LogP contribution is 2.51. The lowest BCUT2D eigenvalue weighted by atomic mass is 9.80. The van der Waals surface area contributed by atoms with Gasteiger partial charge in [-0.1, -0.05) is 168 Å². The van der Waals surface area contributed by atoms with Crippen LogP contribution in [0.1, 0.15) is 45.2 Å². The Labute approximate surface area is 296 Å². The summed E-state index contributed by atoms with van der Waals surface area (Å²) in [5, 5.41) is 5.10. The van der Waals surface area contributed by atoms with E-state index in [0.29, 0.717) is 0 Å². The van der Waals surface area contributed by atoms with Gasteiger partial charge in [-0.3, -0.25) is 0 Å². The Balaban J connectivity index is 0.00000116. The molecule has 242 valence electrons. The zero-order valence-electron chi connectivity index (χ0n) is 29.4. The van der Waals surface area contributed by atoms with Gasteiger partial charge in [-0.05, 0) is 125 Å². The second-order valence-electron chi connectivity index (χ2n) is 14.1. The van der Waals surface area contributed by atoms with E-state index in [9.17, 15) is 0 Å². The number of hydrogen-bond acceptors (Lipinski definition) is 0. The second kappa shape index (κ2) is 13.0. The molecule has 0 unspecified atom stereocenters. The number of benzene rings is 8. The Morgan fingerprint density at radius 2 is 0.720 bits per heavy atom. The lowest BCUT2D eigenvalue weighted by Crippen LogP contribution is -2.15. The molecule has 0 saturated carbocycles. The van der Waals surface area contributed by atoms with Crippen molar-refractivity contribution in [3.63, 3.8) is 0 Å². The minimum atomic E-state index is -0.130. The van der Waals surface area contributed by atoms with E-state index < -0.39 is 0 Å². The van der Waals surface area contributed by atoms with Crippen LogP contribution in [0.25, 0.3) is 77.2 Å². The summed E-state index contributed by atoms with van der Waals surface area (Å²) in [6.45, 7) is 9.02. The average Bonchev–Trinajstić information content (AvgIpc) is 3.39. The minimum absolute atomic E-state index is 0.130. The van der Waals surface area contributed by atoms with Crippen molar-refractivity contribution in [1.29, 1.82) is 0 Å². The third kappa shape index (κ3) is 5.52. The van der Waals surface area contributed by atoms with Gasteiger partial charge in [0, 0.05) is 5.41 Å². The monoisotopic (exact) mass is 642 g/mol. The normalized spacial score (nSPS) is 12.6. The summed E-state index contributed by atoms with van der Waals surface area (Å²) in [4.78, 5) is 0. The fourth-order valence-corrected chi connectivity index (χ4v) is 7.76. The van der Waals surface area contributed by atoms with Crippen LogP contribution in [-0.2, 0) is 5.41 Å². The molecule has 1 aliphatic rings. The molecule has 8 aromatic rings. The van der Waals surface area contributed by atoms with Gasteiger partial charge >= 0.3 is 0 Å². The lowest BCUT2D eigenvalue weighted by molar-refractivity contribution is 0.661. The number of fused-ring (bicyclic) bond motifs is 5. The van der Waals surface area contributed by atoms with Crippen molar-refractivity contribution in [2.24, 2.45) is 0 Å². The summed E-state index contributed by atoms with van der Waals surface area (Å²) in [6.07, 6.45) is 1.25. The van der Waals surface area contributed by atoms with Crippen LogP contribution in [0.2, 0.25) is 0 Å². The standard InChI is InChI=1S/C47H34.C3H8/c1-47(2)45-29-33(37-25-35-17-9-11-19-39(35)43(27-37)31-13-5-3-6-14-31)21-23-41(45)42-24-22-34(30-46(42)47)38-26-36-18-10-12-20-40(36)44(28-38)32-15-7-4-8-16-32;1-3-2/h3-30H,1-2H3;3H2,1-2H3. The Morgan fingerprint density at radius 1 is 0.340 bits per heavy atom. The van der Waals surface area contributed by atoms with Crippen LogP contribution in [0, 0.1) is 0 Å². The molecule has 1 aliphatic carbocycles. The second-order valence-corrected chi connectivity index (χ2v) is 14.1. The fourth-order valence-electron chi connectivity index (χ4n) is 7.76. The van der Waals surface area contributed by atoms with Crippen molar-refractivity contribution in [2.75, 3.05) is 0 Å². The smallest absolute Gasteiger partial charge is 0.0159 e. The maximum absolute atomic E-state index is 2.44. The zero-order chi connectivity index (χ0) is 34.2. The van der Waals surface area contributed by atoms with Gasteiger partial charge in [-0.2, -0.15) is 0 Å². The Kier molecular flexibility index (Phi) is 8.17. The first-order chi connectivity index (χ1) is 24.5. The predicted octanol–water partition coefficient (Wildman–Crippen LogP) is 14.4. The summed E-state index contributed by atoms with van der Waals surface area (Å²) in [5.74, 6) is 0. The molecule has 0 spiro atoms. The third-order valence-electron chi connectivity index (χ3n) is 10.2. The van der Waals surface area contributed by atoms with Crippen molar-refractivity contribution >= 4 is 21.5 Å². The molecule has 9 rings (SSSR count). The molecule has 0 amide bonds. The van der Waals surface area contributed by atoms with Crippen LogP contribution < -0.4 is 0 Å². The first kappa shape index (κ1) is 31.5. The van der Waals surface area contributed by atoms with Crippen LogP contribution in [-0.4, -0.2) is 0 Å².